The number of anilines is 2. The van der Waals surface area contributed by atoms with Gasteiger partial charge in [0.05, 0.1) is 28.9 Å². The van der Waals surface area contributed by atoms with Crippen LogP contribution in [-0.2, 0) is 6.54 Å². The van der Waals surface area contributed by atoms with E-state index in [1.807, 2.05) is 32.0 Å². The maximum absolute atomic E-state index is 14.5. The monoisotopic (exact) mass is 475 g/mol. The third-order valence-corrected chi connectivity index (χ3v) is 5.69. The average molecular weight is 476 g/mol. The first-order valence-electron chi connectivity index (χ1n) is 10.6. The molecule has 0 radical (unpaired) electrons. The highest BCUT2D eigenvalue weighted by Gasteiger charge is 2.13. The number of nitrogens with zero attached hydrogens (tertiary/aromatic N) is 4. The maximum Gasteiger partial charge on any atom is 0.130 e. The third-order valence-electron chi connectivity index (χ3n) is 5.40. The Hall–Kier alpha value is -3.91. The molecule has 2 heterocycles. The molecule has 0 aliphatic heterocycles. The molecule has 0 spiro atoms. The molecular weight excluding hydrogens is 453 g/mol. The summed E-state index contributed by atoms with van der Waals surface area (Å²) in [6.07, 6.45) is 7.14. The Balaban J connectivity index is 1.68. The summed E-state index contributed by atoms with van der Waals surface area (Å²) in [6, 6.07) is 10.2. The number of fused-ring (bicyclic) bond motifs is 1. The summed E-state index contributed by atoms with van der Waals surface area (Å²) in [5, 5.41) is 19.3. The van der Waals surface area contributed by atoms with Gasteiger partial charge in [0.15, 0.2) is 0 Å². The van der Waals surface area contributed by atoms with Crippen LogP contribution in [0.1, 0.15) is 31.2 Å². The fourth-order valence-electron chi connectivity index (χ4n) is 3.54. The molecule has 172 valence electrons. The number of hydrogen-bond acceptors (Lipinski definition) is 6. The fraction of sp³-hybridized carbons (Fsp3) is 0.160. The number of aromatic nitrogens is 3. The standard InChI is InChI=1S/C25H23ClFN7/c1-15(2)25-32-10-18(11-33-25)16-3-6-23-20(8-16)24(21(26)12-30-23)31-9-17-7-19(4-5-22(17)27)34(13-28)14-29/h3-8,10-15,28-29H,9H2,1-2H3,(H,30,31). The van der Waals surface area contributed by atoms with Gasteiger partial charge < -0.3 is 5.32 Å². The maximum atomic E-state index is 14.5. The van der Waals surface area contributed by atoms with Crippen molar-refractivity contribution in [2.75, 3.05) is 10.2 Å². The number of pyridine rings is 1. The van der Waals surface area contributed by atoms with E-state index in [-0.39, 0.29) is 12.5 Å². The number of rotatable bonds is 8. The van der Waals surface area contributed by atoms with Gasteiger partial charge in [-0.2, -0.15) is 0 Å². The van der Waals surface area contributed by atoms with Gasteiger partial charge in [-0.05, 0) is 35.9 Å². The SMILES string of the molecule is CC(C)c1ncc(-c2ccc3ncc(Cl)c(NCc4cc(N(C=N)C=N)ccc4F)c3c2)cn1. The number of nitrogens with one attached hydrogen (secondary N) is 3. The van der Waals surface area contributed by atoms with Crippen LogP contribution in [0.25, 0.3) is 22.0 Å². The minimum Gasteiger partial charge on any atom is -0.379 e. The molecule has 2 aromatic carbocycles. The summed E-state index contributed by atoms with van der Waals surface area (Å²) in [5.74, 6) is 0.627. The van der Waals surface area contributed by atoms with Gasteiger partial charge in [0, 0.05) is 53.3 Å². The second kappa shape index (κ2) is 9.93. The molecule has 0 aliphatic carbocycles. The molecule has 0 saturated heterocycles. The van der Waals surface area contributed by atoms with Crippen molar-refractivity contribution in [2.45, 2.75) is 26.3 Å². The Morgan fingerprint density at radius 3 is 2.41 bits per heavy atom. The molecule has 0 saturated carbocycles. The first-order chi connectivity index (χ1) is 16.4. The highest BCUT2D eigenvalue weighted by Crippen LogP contribution is 2.33. The van der Waals surface area contributed by atoms with Crippen molar-refractivity contribution >= 4 is 46.6 Å². The number of hydrogen-bond donors (Lipinski definition) is 3. The van der Waals surface area contributed by atoms with E-state index in [9.17, 15) is 4.39 Å². The van der Waals surface area contributed by atoms with Crippen molar-refractivity contribution in [2.24, 2.45) is 0 Å². The van der Waals surface area contributed by atoms with Crippen molar-refractivity contribution in [3.63, 3.8) is 0 Å². The molecule has 0 bridgehead atoms. The smallest absolute Gasteiger partial charge is 0.130 e. The molecular formula is C25H23ClFN7. The molecule has 0 atom stereocenters. The Morgan fingerprint density at radius 1 is 1.00 bits per heavy atom. The second-order valence-electron chi connectivity index (χ2n) is 7.99. The van der Waals surface area contributed by atoms with Gasteiger partial charge in [-0.1, -0.05) is 31.5 Å². The van der Waals surface area contributed by atoms with Gasteiger partial charge in [-0.15, -0.1) is 0 Å². The highest BCUT2D eigenvalue weighted by atomic mass is 35.5. The Morgan fingerprint density at radius 2 is 1.74 bits per heavy atom. The molecule has 34 heavy (non-hydrogen) atoms. The lowest BCUT2D eigenvalue weighted by molar-refractivity contribution is 0.613. The summed E-state index contributed by atoms with van der Waals surface area (Å²) < 4.78 is 14.5. The molecule has 0 fully saturated rings. The normalized spacial score (nSPS) is 11.0. The summed E-state index contributed by atoms with van der Waals surface area (Å²) in [4.78, 5) is 14.6. The van der Waals surface area contributed by atoms with E-state index < -0.39 is 5.82 Å². The largest absolute Gasteiger partial charge is 0.379 e. The van der Waals surface area contributed by atoms with Crippen LogP contribution in [0, 0.1) is 16.6 Å². The minimum absolute atomic E-state index is 0.152. The van der Waals surface area contributed by atoms with Gasteiger partial charge in [0.2, 0.25) is 0 Å². The van der Waals surface area contributed by atoms with Gasteiger partial charge >= 0.3 is 0 Å². The molecule has 9 heteroatoms. The summed E-state index contributed by atoms with van der Waals surface area (Å²) in [7, 11) is 0. The zero-order valence-electron chi connectivity index (χ0n) is 18.7. The van der Waals surface area contributed by atoms with Gasteiger partial charge in [0.1, 0.15) is 11.6 Å². The van der Waals surface area contributed by atoms with Crippen molar-refractivity contribution in [1.29, 1.82) is 10.8 Å². The van der Waals surface area contributed by atoms with Crippen molar-refractivity contribution in [3.8, 4) is 11.1 Å². The first kappa shape index (κ1) is 23.3. The Kier molecular flexibility index (Phi) is 6.79. The zero-order chi connectivity index (χ0) is 24.2. The van der Waals surface area contributed by atoms with E-state index in [1.165, 1.54) is 17.0 Å². The highest BCUT2D eigenvalue weighted by molar-refractivity contribution is 6.34. The molecule has 4 rings (SSSR count). The predicted molar refractivity (Wildman–Crippen MR) is 136 cm³/mol. The second-order valence-corrected chi connectivity index (χ2v) is 8.40. The Bertz CT molecular complexity index is 1350. The van der Waals surface area contributed by atoms with Crippen LogP contribution >= 0.6 is 11.6 Å². The summed E-state index contributed by atoms with van der Waals surface area (Å²) in [6.45, 7) is 4.24. The predicted octanol–water partition coefficient (Wildman–Crippen LogP) is 6.24. The van der Waals surface area contributed by atoms with Crippen LogP contribution in [0.4, 0.5) is 15.8 Å². The number of halogens is 2. The lowest BCUT2D eigenvalue weighted by Gasteiger charge is -2.16. The van der Waals surface area contributed by atoms with Gasteiger partial charge in [-0.25, -0.2) is 14.4 Å². The van der Waals surface area contributed by atoms with Crippen molar-refractivity contribution in [1.82, 2.24) is 15.0 Å². The van der Waals surface area contributed by atoms with E-state index in [0.717, 1.165) is 40.5 Å². The fourth-order valence-corrected chi connectivity index (χ4v) is 3.76. The van der Waals surface area contributed by atoms with E-state index in [1.54, 1.807) is 24.7 Å². The molecule has 3 N–H and O–H groups in total. The van der Waals surface area contributed by atoms with Crippen LogP contribution in [-0.4, -0.2) is 27.6 Å². The molecule has 0 amide bonds. The number of benzene rings is 2. The molecule has 0 aliphatic rings. The molecule has 4 aromatic rings. The van der Waals surface area contributed by atoms with Crippen molar-refractivity contribution < 1.29 is 4.39 Å². The lowest BCUT2D eigenvalue weighted by Crippen LogP contribution is -2.18. The summed E-state index contributed by atoms with van der Waals surface area (Å²) in [5.41, 5.74) is 4.05. The van der Waals surface area contributed by atoms with E-state index in [0.29, 0.717) is 22.0 Å². The Labute approximate surface area is 201 Å². The molecule has 7 nitrogen and oxygen atoms in total. The summed E-state index contributed by atoms with van der Waals surface area (Å²) >= 11 is 6.48. The molecule has 2 aromatic heterocycles. The van der Waals surface area contributed by atoms with Crippen molar-refractivity contribution in [3.05, 3.63) is 77.2 Å². The van der Waals surface area contributed by atoms with E-state index in [4.69, 9.17) is 22.4 Å². The topological polar surface area (TPSA) is 102 Å². The zero-order valence-corrected chi connectivity index (χ0v) is 19.4. The molecule has 0 unspecified atom stereocenters. The van der Waals surface area contributed by atoms with E-state index in [2.05, 4.69) is 20.3 Å². The van der Waals surface area contributed by atoms with Gasteiger partial charge in [-0.3, -0.25) is 20.7 Å². The quantitative estimate of drug-likeness (QED) is 0.207. The third kappa shape index (κ3) is 4.72. The van der Waals surface area contributed by atoms with Crippen LogP contribution in [0.5, 0.6) is 0 Å². The lowest BCUT2D eigenvalue weighted by atomic mass is 10.0. The first-order valence-corrected chi connectivity index (χ1v) is 11.0. The van der Waals surface area contributed by atoms with Gasteiger partial charge in [0.25, 0.3) is 0 Å². The van der Waals surface area contributed by atoms with E-state index >= 15 is 0 Å². The van der Waals surface area contributed by atoms with Crippen LogP contribution in [0.3, 0.4) is 0 Å². The minimum atomic E-state index is -0.399. The van der Waals surface area contributed by atoms with Crippen LogP contribution in [0.15, 0.2) is 55.0 Å². The average Bonchev–Trinajstić information content (AvgIpc) is 2.85. The van der Waals surface area contributed by atoms with Crippen LogP contribution < -0.4 is 10.2 Å². The van der Waals surface area contributed by atoms with Crippen LogP contribution in [0.2, 0.25) is 5.02 Å².